The van der Waals surface area contributed by atoms with Gasteiger partial charge in [0.2, 0.25) is 0 Å². The number of amides is 1. The third-order valence-corrected chi connectivity index (χ3v) is 6.43. The number of aromatic nitrogens is 3. The summed E-state index contributed by atoms with van der Waals surface area (Å²) in [7, 11) is 4.25. The molecule has 2 fully saturated rings. The number of carbonyl (C=O) groups excluding carboxylic acids is 1. The van der Waals surface area contributed by atoms with Crippen LogP contribution in [0.25, 0.3) is 16.9 Å². The number of hydrogen-bond acceptors (Lipinski definition) is 3. The van der Waals surface area contributed by atoms with Crippen LogP contribution in [0.2, 0.25) is 0 Å². The van der Waals surface area contributed by atoms with Crippen molar-refractivity contribution in [3.8, 4) is 11.4 Å². The van der Waals surface area contributed by atoms with Crippen LogP contribution in [0.3, 0.4) is 0 Å². The zero-order valence-electron chi connectivity index (χ0n) is 17.3. The number of rotatable bonds is 5. The molecule has 1 saturated carbocycles. The lowest BCUT2D eigenvalue weighted by atomic mass is 10.0. The Hall–Kier alpha value is -2.60. The highest BCUT2D eigenvalue weighted by Gasteiger charge is 2.27. The summed E-state index contributed by atoms with van der Waals surface area (Å²) in [5.74, 6) is 0.920. The van der Waals surface area contributed by atoms with Crippen molar-refractivity contribution >= 4 is 11.4 Å². The number of pyridine rings is 1. The van der Waals surface area contributed by atoms with Gasteiger partial charge < -0.3 is 14.2 Å². The molecule has 3 aromatic rings. The number of fused-ring (bicyclic) bond motifs is 1. The normalized spacial score (nSPS) is 18.1. The molecule has 1 aliphatic heterocycles. The summed E-state index contributed by atoms with van der Waals surface area (Å²) in [5.41, 5.74) is 3.65. The van der Waals surface area contributed by atoms with E-state index < -0.39 is 0 Å². The molecule has 0 aromatic carbocycles. The Kier molecular flexibility index (Phi) is 4.66. The second-order valence-corrected chi connectivity index (χ2v) is 8.75. The minimum atomic E-state index is 0.134. The Balaban J connectivity index is 1.44. The van der Waals surface area contributed by atoms with Crippen LogP contribution >= 0.6 is 0 Å². The second kappa shape index (κ2) is 7.34. The summed E-state index contributed by atoms with van der Waals surface area (Å²) in [4.78, 5) is 17.6. The zero-order valence-corrected chi connectivity index (χ0v) is 17.3. The molecule has 0 radical (unpaired) electrons. The number of hydrogen-bond donors (Lipinski definition) is 0. The first-order valence-corrected chi connectivity index (χ1v) is 10.7. The average Bonchev–Trinajstić information content (AvgIpc) is 3.29. The van der Waals surface area contributed by atoms with Crippen molar-refractivity contribution in [1.82, 2.24) is 24.0 Å². The van der Waals surface area contributed by atoms with Crippen LogP contribution in [0.1, 0.15) is 36.0 Å². The maximum atomic E-state index is 13.4. The molecule has 2 aliphatic rings. The van der Waals surface area contributed by atoms with E-state index in [1.807, 2.05) is 40.0 Å². The molecule has 0 bridgehead atoms. The lowest BCUT2D eigenvalue weighted by Crippen LogP contribution is -2.44. The Morgan fingerprint density at radius 1 is 1.10 bits per heavy atom. The van der Waals surface area contributed by atoms with Crippen molar-refractivity contribution in [3.05, 3.63) is 48.3 Å². The topological polar surface area (TPSA) is 45.8 Å². The molecule has 0 spiro atoms. The number of likely N-dealkylation sites (tertiary alicyclic amines) is 1. The highest BCUT2D eigenvalue weighted by molar-refractivity contribution is 6.02. The van der Waals surface area contributed by atoms with Gasteiger partial charge in [-0.15, -0.1) is 0 Å². The highest BCUT2D eigenvalue weighted by atomic mass is 16.2. The molecule has 1 saturated heterocycles. The maximum Gasteiger partial charge on any atom is 0.256 e. The predicted octanol–water partition coefficient (Wildman–Crippen LogP) is 3.38. The van der Waals surface area contributed by atoms with E-state index in [2.05, 4.69) is 35.7 Å². The molecule has 5 rings (SSSR count). The Morgan fingerprint density at radius 2 is 1.90 bits per heavy atom. The molecule has 0 atom stereocenters. The number of carbonyl (C=O) groups is 1. The molecule has 6 heteroatoms. The third kappa shape index (κ3) is 3.57. The van der Waals surface area contributed by atoms with Gasteiger partial charge in [-0.1, -0.05) is 6.07 Å². The smallest absolute Gasteiger partial charge is 0.256 e. The van der Waals surface area contributed by atoms with Crippen LogP contribution in [-0.2, 0) is 6.54 Å². The molecule has 1 aliphatic carbocycles. The number of nitrogens with zero attached hydrogens (tertiary/aromatic N) is 5. The van der Waals surface area contributed by atoms with Gasteiger partial charge in [-0.2, -0.15) is 5.10 Å². The van der Waals surface area contributed by atoms with Gasteiger partial charge in [-0.3, -0.25) is 9.48 Å². The largest absolute Gasteiger partial charge is 0.338 e. The van der Waals surface area contributed by atoms with Crippen molar-refractivity contribution in [1.29, 1.82) is 0 Å². The Labute approximate surface area is 171 Å². The number of piperidine rings is 1. The van der Waals surface area contributed by atoms with Gasteiger partial charge in [0.1, 0.15) is 5.69 Å². The minimum absolute atomic E-state index is 0.134. The molecule has 1 amide bonds. The van der Waals surface area contributed by atoms with E-state index in [1.165, 1.54) is 12.8 Å². The van der Waals surface area contributed by atoms with Crippen LogP contribution in [0, 0.1) is 5.92 Å². The van der Waals surface area contributed by atoms with Gasteiger partial charge in [0.25, 0.3) is 5.91 Å². The van der Waals surface area contributed by atoms with Crippen molar-refractivity contribution in [2.45, 2.75) is 38.3 Å². The van der Waals surface area contributed by atoms with E-state index in [-0.39, 0.29) is 5.91 Å². The lowest BCUT2D eigenvalue weighted by molar-refractivity contribution is 0.0665. The van der Waals surface area contributed by atoms with Crippen molar-refractivity contribution in [2.75, 3.05) is 27.2 Å². The summed E-state index contributed by atoms with van der Waals surface area (Å²) in [6.07, 6.45) is 8.77. The van der Waals surface area contributed by atoms with Crippen LogP contribution in [-0.4, -0.2) is 63.1 Å². The van der Waals surface area contributed by atoms with E-state index in [9.17, 15) is 4.79 Å². The molecule has 6 nitrogen and oxygen atoms in total. The fourth-order valence-corrected chi connectivity index (χ4v) is 4.44. The summed E-state index contributed by atoms with van der Waals surface area (Å²) in [6, 6.07) is 10.7. The minimum Gasteiger partial charge on any atom is -0.338 e. The molecule has 29 heavy (non-hydrogen) atoms. The first-order valence-electron chi connectivity index (χ1n) is 10.7. The monoisotopic (exact) mass is 391 g/mol. The SMILES string of the molecule is CN(C)C1CCN(C(=O)c2cc(-c3ccn(CC4CC4)n3)n3ccccc23)CC1. The maximum absolute atomic E-state index is 13.4. The highest BCUT2D eigenvalue weighted by Crippen LogP contribution is 2.31. The summed E-state index contributed by atoms with van der Waals surface area (Å²) in [6.45, 7) is 2.63. The van der Waals surface area contributed by atoms with Gasteiger partial charge in [0, 0.05) is 38.1 Å². The van der Waals surface area contributed by atoms with Crippen LogP contribution < -0.4 is 0 Å². The standard InChI is InChI=1S/C23H29N5O/c1-25(2)18-8-12-26(13-9-18)23(29)19-15-22(28-11-4-3-5-21(19)28)20-10-14-27(24-20)16-17-6-7-17/h3-5,10-11,14-15,17-18H,6-9,12-13,16H2,1-2H3. The van der Waals surface area contributed by atoms with E-state index in [0.29, 0.717) is 6.04 Å². The summed E-state index contributed by atoms with van der Waals surface area (Å²) < 4.78 is 4.15. The molecule has 0 N–H and O–H groups in total. The van der Waals surface area contributed by atoms with Gasteiger partial charge in [0.15, 0.2) is 0 Å². The molecular formula is C23H29N5O. The van der Waals surface area contributed by atoms with E-state index in [4.69, 9.17) is 5.10 Å². The molecule has 4 heterocycles. The lowest BCUT2D eigenvalue weighted by Gasteiger charge is -2.35. The summed E-state index contributed by atoms with van der Waals surface area (Å²) >= 11 is 0. The average molecular weight is 392 g/mol. The third-order valence-electron chi connectivity index (χ3n) is 6.43. The van der Waals surface area contributed by atoms with Crippen molar-refractivity contribution in [2.24, 2.45) is 5.92 Å². The van der Waals surface area contributed by atoms with Gasteiger partial charge in [-0.25, -0.2) is 0 Å². The van der Waals surface area contributed by atoms with E-state index in [0.717, 1.165) is 60.9 Å². The molecular weight excluding hydrogens is 362 g/mol. The van der Waals surface area contributed by atoms with E-state index in [1.54, 1.807) is 0 Å². The van der Waals surface area contributed by atoms with Crippen LogP contribution in [0.15, 0.2) is 42.7 Å². The van der Waals surface area contributed by atoms with Gasteiger partial charge in [0.05, 0.1) is 16.8 Å². The van der Waals surface area contributed by atoms with E-state index >= 15 is 0 Å². The summed E-state index contributed by atoms with van der Waals surface area (Å²) in [5, 5.41) is 4.79. The predicted molar refractivity (Wildman–Crippen MR) is 114 cm³/mol. The quantitative estimate of drug-likeness (QED) is 0.670. The van der Waals surface area contributed by atoms with Crippen LogP contribution in [0.5, 0.6) is 0 Å². The van der Waals surface area contributed by atoms with Crippen LogP contribution in [0.4, 0.5) is 0 Å². The Morgan fingerprint density at radius 3 is 2.62 bits per heavy atom. The van der Waals surface area contributed by atoms with Gasteiger partial charge >= 0.3 is 0 Å². The Bertz CT molecular complexity index is 1020. The fraction of sp³-hybridized carbons (Fsp3) is 0.478. The first kappa shape index (κ1) is 18.4. The van der Waals surface area contributed by atoms with Gasteiger partial charge in [-0.05, 0) is 70.0 Å². The van der Waals surface area contributed by atoms with Crippen molar-refractivity contribution in [3.63, 3.8) is 0 Å². The second-order valence-electron chi connectivity index (χ2n) is 8.75. The fourth-order valence-electron chi connectivity index (χ4n) is 4.44. The molecule has 0 unspecified atom stereocenters. The molecule has 3 aromatic heterocycles. The molecule has 152 valence electrons. The first-order chi connectivity index (χ1) is 14.1. The zero-order chi connectivity index (χ0) is 20.0. The van der Waals surface area contributed by atoms with Crippen molar-refractivity contribution < 1.29 is 4.79 Å².